The van der Waals surface area contributed by atoms with Gasteiger partial charge in [-0.1, -0.05) is 12.8 Å². The van der Waals surface area contributed by atoms with Crippen molar-refractivity contribution in [2.45, 2.75) is 82.7 Å². The van der Waals surface area contributed by atoms with Crippen molar-refractivity contribution in [2.75, 3.05) is 56.6 Å². The lowest BCUT2D eigenvalue weighted by Gasteiger charge is -2.43. The molecule has 2 unspecified atom stereocenters. The lowest BCUT2D eigenvalue weighted by molar-refractivity contribution is -0.141. The smallest absolute Gasteiger partial charge is 0.305 e. The molecule has 1 N–H and O–H groups in total. The molecule has 194 valence electrons. The van der Waals surface area contributed by atoms with Crippen molar-refractivity contribution >= 4 is 23.6 Å². The van der Waals surface area contributed by atoms with Crippen LogP contribution in [0.5, 0.6) is 0 Å². The zero-order valence-electron chi connectivity index (χ0n) is 21.3. The Morgan fingerprint density at radius 1 is 1.00 bits per heavy atom. The Labute approximate surface area is 209 Å². The molecule has 0 saturated carbocycles. The number of nitrogens with one attached hydrogen (secondary N) is 1. The molecule has 1 aromatic rings. The fraction of sp³-hybridized carbons (Fsp3) is 0.769. The fourth-order valence-corrected chi connectivity index (χ4v) is 5.66. The predicted octanol–water partition coefficient (Wildman–Crippen LogP) is 3.07. The Balaban J connectivity index is 1.28. The first-order chi connectivity index (χ1) is 17.1. The van der Waals surface area contributed by atoms with Gasteiger partial charge in [-0.25, -0.2) is 4.98 Å². The van der Waals surface area contributed by atoms with Crippen LogP contribution in [0.1, 0.15) is 70.6 Å². The third-order valence-electron chi connectivity index (χ3n) is 7.62. The highest BCUT2D eigenvalue weighted by atomic mass is 16.5. The average Bonchev–Trinajstić information content (AvgIpc) is 3.19. The third-order valence-corrected chi connectivity index (χ3v) is 7.62. The summed E-state index contributed by atoms with van der Waals surface area (Å²) in [6.45, 7) is 5.78. The van der Waals surface area contributed by atoms with E-state index in [9.17, 15) is 9.59 Å². The molecule has 3 aliphatic rings. The van der Waals surface area contributed by atoms with Crippen LogP contribution < -0.4 is 10.2 Å². The number of anilines is 2. The minimum atomic E-state index is -0.248. The standard InChI is InChI=1S/C26H42N6O3/c1-35-25(34)12-6-11-24(33)32-18-8-10-22(20-32)31-17-7-9-21(19-31)28-26-27-14-13-23(29-26)30-15-4-2-3-5-16-30/h13-14,21-22H,2-12,15-20H2,1H3,(H,27,28,29). The Morgan fingerprint density at radius 2 is 1.80 bits per heavy atom. The summed E-state index contributed by atoms with van der Waals surface area (Å²) < 4.78 is 4.68. The molecule has 0 radical (unpaired) electrons. The molecule has 0 spiro atoms. The number of carbonyl (C=O) groups is 2. The lowest BCUT2D eigenvalue weighted by atomic mass is 9.98. The summed E-state index contributed by atoms with van der Waals surface area (Å²) in [5, 5.41) is 3.61. The fourth-order valence-electron chi connectivity index (χ4n) is 5.66. The molecule has 4 heterocycles. The Morgan fingerprint density at radius 3 is 2.60 bits per heavy atom. The number of likely N-dealkylation sites (tertiary alicyclic amines) is 2. The number of carbonyl (C=O) groups excluding carboxylic acids is 2. The van der Waals surface area contributed by atoms with Crippen LogP contribution in [0.4, 0.5) is 11.8 Å². The van der Waals surface area contributed by atoms with Gasteiger partial charge in [0.05, 0.1) is 7.11 Å². The van der Waals surface area contributed by atoms with Gasteiger partial charge >= 0.3 is 5.97 Å². The van der Waals surface area contributed by atoms with Crippen molar-refractivity contribution in [1.29, 1.82) is 0 Å². The topological polar surface area (TPSA) is 90.9 Å². The largest absolute Gasteiger partial charge is 0.469 e. The van der Waals surface area contributed by atoms with Crippen molar-refractivity contribution in [3.05, 3.63) is 12.3 Å². The van der Waals surface area contributed by atoms with Crippen LogP contribution in [0.3, 0.4) is 0 Å². The second kappa shape index (κ2) is 13.0. The number of hydrogen-bond acceptors (Lipinski definition) is 8. The summed E-state index contributed by atoms with van der Waals surface area (Å²) >= 11 is 0. The van der Waals surface area contributed by atoms with Gasteiger partial charge < -0.3 is 19.9 Å². The maximum Gasteiger partial charge on any atom is 0.305 e. The predicted molar refractivity (Wildman–Crippen MR) is 136 cm³/mol. The number of nitrogens with zero attached hydrogens (tertiary/aromatic N) is 5. The highest BCUT2D eigenvalue weighted by Gasteiger charge is 2.31. The van der Waals surface area contributed by atoms with E-state index < -0.39 is 0 Å². The molecule has 9 nitrogen and oxygen atoms in total. The first-order valence-electron chi connectivity index (χ1n) is 13.6. The minimum absolute atomic E-state index is 0.156. The van der Waals surface area contributed by atoms with Gasteiger partial charge in [0.15, 0.2) is 0 Å². The van der Waals surface area contributed by atoms with Gasteiger partial charge in [-0.2, -0.15) is 4.98 Å². The van der Waals surface area contributed by atoms with Crippen LogP contribution in [0.15, 0.2) is 12.3 Å². The first-order valence-corrected chi connectivity index (χ1v) is 13.6. The summed E-state index contributed by atoms with van der Waals surface area (Å²) in [7, 11) is 1.39. The van der Waals surface area contributed by atoms with Gasteiger partial charge in [0.2, 0.25) is 11.9 Å². The molecular formula is C26H42N6O3. The zero-order chi connectivity index (χ0) is 24.5. The Hall–Kier alpha value is -2.42. The van der Waals surface area contributed by atoms with Crippen LogP contribution in [0.25, 0.3) is 0 Å². The highest BCUT2D eigenvalue weighted by molar-refractivity contribution is 5.77. The van der Waals surface area contributed by atoms with Gasteiger partial charge in [-0.3, -0.25) is 14.5 Å². The molecule has 3 saturated heterocycles. The van der Waals surface area contributed by atoms with Crippen molar-refractivity contribution in [2.24, 2.45) is 0 Å². The SMILES string of the molecule is COC(=O)CCCC(=O)N1CCCC(N2CCCC(Nc3nccc(N4CCCCCC4)n3)C2)C1. The van der Waals surface area contributed by atoms with Crippen LogP contribution in [0, 0.1) is 0 Å². The second-order valence-corrected chi connectivity index (χ2v) is 10.2. The van der Waals surface area contributed by atoms with Crippen molar-refractivity contribution in [1.82, 2.24) is 19.8 Å². The number of piperidine rings is 2. The third kappa shape index (κ3) is 7.53. The van der Waals surface area contributed by atoms with Crippen LogP contribution in [-0.2, 0) is 14.3 Å². The van der Waals surface area contributed by atoms with Crippen LogP contribution in [-0.4, -0.2) is 90.1 Å². The molecule has 0 bridgehead atoms. The Bertz CT molecular complexity index is 829. The number of rotatable bonds is 8. The molecule has 3 aliphatic heterocycles. The maximum absolute atomic E-state index is 12.7. The van der Waals surface area contributed by atoms with E-state index in [1.807, 2.05) is 17.2 Å². The summed E-state index contributed by atoms with van der Waals surface area (Å²) in [6, 6.07) is 2.74. The van der Waals surface area contributed by atoms with E-state index in [-0.39, 0.29) is 11.9 Å². The van der Waals surface area contributed by atoms with E-state index in [0.29, 0.717) is 31.3 Å². The monoisotopic (exact) mass is 486 g/mol. The molecule has 0 aliphatic carbocycles. The number of esters is 1. The number of amides is 1. The summed E-state index contributed by atoms with van der Waals surface area (Å²) in [4.78, 5) is 40.3. The molecular weight excluding hydrogens is 444 g/mol. The van der Waals surface area contributed by atoms with Crippen LogP contribution in [0.2, 0.25) is 0 Å². The van der Waals surface area contributed by atoms with E-state index in [2.05, 4.69) is 24.8 Å². The Kier molecular flexibility index (Phi) is 9.57. The van der Waals surface area contributed by atoms with Gasteiger partial charge in [0.1, 0.15) is 5.82 Å². The molecule has 9 heteroatoms. The molecule has 1 amide bonds. The van der Waals surface area contributed by atoms with Crippen molar-refractivity contribution < 1.29 is 14.3 Å². The average molecular weight is 487 g/mol. The molecule has 35 heavy (non-hydrogen) atoms. The van der Waals surface area contributed by atoms with Gasteiger partial charge in [-0.05, 0) is 57.6 Å². The molecule has 4 rings (SSSR count). The maximum atomic E-state index is 12.7. The van der Waals surface area contributed by atoms with E-state index in [4.69, 9.17) is 4.98 Å². The van der Waals surface area contributed by atoms with Gasteiger partial charge in [0, 0.05) is 63.8 Å². The highest BCUT2D eigenvalue weighted by Crippen LogP contribution is 2.23. The number of ether oxygens (including phenoxy) is 1. The number of aromatic nitrogens is 2. The zero-order valence-corrected chi connectivity index (χ0v) is 21.3. The second-order valence-electron chi connectivity index (χ2n) is 10.2. The first kappa shape index (κ1) is 25.7. The summed E-state index contributed by atoms with van der Waals surface area (Å²) in [5.41, 5.74) is 0. The number of methoxy groups -OCH3 is 1. The summed E-state index contributed by atoms with van der Waals surface area (Å²) in [5.74, 6) is 1.67. The van der Waals surface area contributed by atoms with E-state index in [1.54, 1.807) is 0 Å². The molecule has 2 atom stereocenters. The molecule has 1 aromatic heterocycles. The van der Waals surface area contributed by atoms with Gasteiger partial charge in [-0.15, -0.1) is 0 Å². The van der Waals surface area contributed by atoms with Crippen LogP contribution >= 0.6 is 0 Å². The van der Waals surface area contributed by atoms with Crippen molar-refractivity contribution in [3.63, 3.8) is 0 Å². The minimum Gasteiger partial charge on any atom is -0.469 e. The van der Waals surface area contributed by atoms with E-state index in [1.165, 1.54) is 32.8 Å². The molecule has 0 aromatic carbocycles. The van der Waals surface area contributed by atoms with Gasteiger partial charge in [0.25, 0.3) is 0 Å². The van der Waals surface area contributed by atoms with E-state index >= 15 is 0 Å². The molecule has 3 fully saturated rings. The number of hydrogen-bond donors (Lipinski definition) is 1. The van der Waals surface area contributed by atoms with E-state index in [0.717, 1.165) is 76.7 Å². The van der Waals surface area contributed by atoms with Crippen molar-refractivity contribution in [3.8, 4) is 0 Å². The lowest BCUT2D eigenvalue weighted by Crippen LogP contribution is -2.54. The normalized spacial score (nSPS) is 24.0. The summed E-state index contributed by atoms with van der Waals surface area (Å²) in [6.07, 6.45) is 12.6. The quantitative estimate of drug-likeness (QED) is 0.561.